The lowest BCUT2D eigenvalue weighted by Gasteiger charge is -2.18. The second kappa shape index (κ2) is 8.06. The summed E-state index contributed by atoms with van der Waals surface area (Å²) in [4.78, 5) is 13.2. The van der Waals surface area contributed by atoms with E-state index in [2.05, 4.69) is 0 Å². The SMILES string of the molecule is CCCC(C)n1c(=O)c(-c2c(Cl)cccc2Cl)c(N)n1S(=O)(=O)CCC. The van der Waals surface area contributed by atoms with Crippen LogP contribution in [0.25, 0.3) is 11.1 Å². The van der Waals surface area contributed by atoms with Gasteiger partial charge in [0.2, 0.25) is 0 Å². The van der Waals surface area contributed by atoms with Crippen LogP contribution in [0.15, 0.2) is 23.0 Å². The number of benzene rings is 1. The van der Waals surface area contributed by atoms with E-state index in [1.807, 2.05) is 6.92 Å². The van der Waals surface area contributed by atoms with E-state index in [1.165, 1.54) is 4.68 Å². The molecule has 144 valence electrons. The third kappa shape index (κ3) is 3.66. The van der Waals surface area contributed by atoms with Gasteiger partial charge in [0.25, 0.3) is 15.6 Å². The van der Waals surface area contributed by atoms with Gasteiger partial charge >= 0.3 is 0 Å². The summed E-state index contributed by atoms with van der Waals surface area (Å²) in [5.41, 5.74) is 5.92. The lowest BCUT2D eigenvalue weighted by atomic mass is 10.1. The Kier molecular flexibility index (Phi) is 6.47. The maximum absolute atomic E-state index is 13.2. The van der Waals surface area contributed by atoms with Crippen LogP contribution in [-0.4, -0.2) is 22.9 Å². The molecule has 1 aromatic carbocycles. The van der Waals surface area contributed by atoms with Crippen molar-refractivity contribution >= 4 is 39.0 Å². The number of rotatable bonds is 7. The summed E-state index contributed by atoms with van der Waals surface area (Å²) in [6.45, 7) is 5.51. The lowest BCUT2D eigenvalue weighted by molar-refractivity contribution is 0.419. The first-order valence-corrected chi connectivity index (χ1v) is 10.8. The van der Waals surface area contributed by atoms with Crippen molar-refractivity contribution in [2.45, 2.75) is 46.1 Å². The van der Waals surface area contributed by atoms with Crippen LogP contribution in [0.2, 0.25) is 10.0 Å². The van der Waals surface area contributed by atoms with Gasteiger partial charge in [0.15, 0.2) is 0 Å². The molecule has 0 spiro atoms. The average molecular weight is 420 g/mol. The normalized spacial score (nSPS) is 13.1. The molecule has 0 fully saturated rings. The maximum atomic E-state index is 13.2. The van der Waals surface area contributed by atoms with Gasteiger partial charge in [-0.25, -0.2) is 13.1 Å². The monoisotopic (exact) mass is 419 g/mol. The highest BCUT2D eigenvalue weighted by Crippen LogP contribution is 2.37. The second-order valence-corrected chi connectivity index (χ2v) is 8.94. The lowest BCUT2D eigenvalue weighted by Crippen LogP contribution is -2.32. The molecule has 1 unspecified atom stereocenters. The van der Waals surface area contributed by atoms with E-state index in [9.17, 15) is 13.2 Å². The quantitative estimate of drug-likeness (QED) is 0.729. The Morgan fingerprint density at radius 2 is 1.69 bits per heavy atom. The van der Waals surface area contributed by atoms with Crippen molar-refractivity contribution in [1.29, 1.82) is 0 Å². The van der Waals surface area contributed by atoms with Crippen molar-refractivity contribution in [2.24, 2.45) is 0 Å². The van der Waals surface area contributed by atoms with E-state index in [4.69, 9.17) is 28.9 Å². The van der Waals surface area contributed by atoms with Crippen molar-refractivity contribution in [2.75, 3.05) is 11.5 Å². The van der Waals surface area contributed by atoms with E-state index in [1.54, 1.807) is 32.0 Å². The Balaban J connectivity index is 2.92. The van der Waals surface area contributed by atoms with Crippen molar-refractivity contribution < 1.29 is 8.42 Å². The molecule has 26 heavy (non-hydrogen) atoms. The molecule has 0 bridgehead atoms. The average Bonchev–Trinajstić information content (AvgIpc) is 2.80. The summed E-state index contributed by atoms with van der Waals surface area (Å²) >= 11 is 12.5. The number of hydrogen-bond acceptors (Lipinski definition) is 4. The number of nitrogen functional groups attached to an aromatic ring is 1. The highest BCUT2D eigenvalue weighted by molar-refractivity contribution is 7.89. The largest absolute Gasteiger partial charge is 0.382 e. The number of aromatic nitrogens is 2. The Morgan fingerprint density at radius 3 is 2.19 bits per heavy atom. The molecule has 2 rings (SSSR count). The van der Waals surface area contributed by atoms with Crippen LogP contribution in [-0.2, 0) is 10.0 Å². The zero-order chi connectivity index (χ0) is 19.6. The Hall–Kier alpha value is -1.44. The van der Waals surface area contributed by atoms with Crippen LogP contribution in [0.4, 0.5) is 5.82 Å². The van der Waals surface area contributed by atoms with Crippen LogP contribution in [0.3, 0.4) is 0 Å². The zero-order valence-electron chi connectivity index (χ0n) is 15.0. The van der Waals surface area contributed by atoms with Gasteiger partial charge in [-0.1, -0.05) is 49.5 Å². The molecule has 1 atom stereocenters. The standard InChI is InChI=1S/C17H23Cl2N3O3S/c1-4-7-11(3)21-17(23)15(14-12(18)8-6-9-13(14)19)16(20)22(21)26(24,25)10-5-2/h6,8-9,11H,4-5,7,10,20H2,1-3H3. The Morgan fingerprint density at radius 1 is 1.12 bits per heavy atom. The summed E-state index contributed by atoms with van der Waals surface area (Å²) in [6.07, 6.45) is 1.81. The maximum Gasteiger partial charge on any atom is 0.278 e. The van der Waals surface area contributed by atoms with Crippen LogP contribution in [0, 0.1) is 0 Å². The molecule has 0 amide bonds. The molecule has 1 heterocycles. The van der Waals surface area contributed by atoms with E-state index < -0.39 is 15.6 Å². The van der Waals surface area contributed by atoms with Gasteiger partial charge in [0, 0.05) is 5.56 Å². The van der Waals surface area contributed by atoms with Crippen molar-refractivity contribution in [3.8, 4) is 11.1 Å². The fourth-order valence-corrected chi connectivity index (χ4v) is 5.21. The molecule has 6 nitrogen and oxygen atoms in total. The predicted molar refractivity (Wildman–Crippen MR) is 108 cm³/mol. The molecule has 0 saturated carbocycles. The Labute approximate surface area is 163 Å². The first-order valence-electron chi connectivity index (χ1n) is 8.47. The highest BCUT2D eigenvalue weighted by atomic mass is 35.5. The molecular formula is C17H23Cl2N3O3S. The van der Waals surface area contributed by atoms with Gasteiger partial charge in [-0.2, -0.15) is 4.09 Å². The molecule has 2 aromatic rings. The van der Waals surface area contributed by atoms with Crippen LogP contribution >= 0.6 is 23.2 Å². The van der Waals surface area contributed by atoms with Gasteiger partial charge in [-0.15, -0.1) is 0 Å². The third-order valence-electron chi connectivity index (χ3n) is 4.14. The fraction of sp³-hybridized carbons (Fsp3) is 0.471. The minimum atomic E-state index is -3.80. The summed E-state index contributed by atoms with van der Waals surface area (Å²) in [5.74, 6) is -0.291. The van der Waals surface area contributed by atoms with Crippen molar-refractivity contribution in [1.82, 2.24) is 8.77 Å². The molecular weight excluding hydrogens is 397 g/mol. The molecule has 0 aliphatic rings. The first-order chi connectivity index (χ1) is 12.2. The van der Waals surface area contributed by atoms with Gasteiger partial charge in [-0.3, -0.25) is 4.79 Å². The van der Waals surface area contributed by atoms with Gasteiger partial charge in [0.1, 0.15) is 5.82 Å². The molecule has 0 radical (unpaired) electrons. The Bertz CT molecular complexity index is 944. The highest BCUT2D eigenvalue weighted by Gasteiger charge is 2.30. The van der Waals surface area contributed by atoms with Gasteiger partial charge in [0.05, 0.1) is 27.4 Å². The molecule has 0 aliphatic heterocycles. The van der Waals surface area contributed by atoms with Crippen LogP contribution in [0.5, 0.6) is 0 Å². The molecule has 2 N–H and O–H groups in total. The second-order valence-electron chi connectivity index (χ2n) is 6.20. The van der Waals surface area contributed by atoms with E-state index >= 15 is 0 Å². The number of hydrogen-bond donors (Lipinski definition) is 1. The topological polar surface area (TPSA) is 87.1 Å². The predicted octanol–water partition coefficient (Wildman–Crippen LogP) is 4.15. The van der Waals surface area contributed by atoms with Crippen molar-refractivity contribution in [3.05, 3.63) is 38.6 Å². The first kappa shape index (κ1) is 20.9. The van der Waals surface area contributed by atoms with Crippen molar-refractivity contribution in [3.63, 3.8) is 0 Å². The summed E-state index contributed by atoms with van der Waals surface area (Å²) < 4.78 is 27.7. The van der Waals surface area contributed by atoms with Gasteiger partial charge in [-0.05, 0) is 31.9 Å². The minimum Gasteiger partial charge on any atom is -0.382 e. The molecule has 1 aromatic heterocycles. The van der Waals surface area contributed by atoms with E-state index in [-0.39, 0.29) is 38.8 Å². The van der Waals surface area contributed by atoms with Gasteiger partial charge < -0.3 is 5.73 Å². The summed E-state index contributed by atoms with van der Waals surface area (Å²) in [7, 11) is -3.80. The zero-order valence-corrected chi connectivity index (χ0v) is 17.3. The van der Waals surface area contributed by atoms with Crippen LogP contribution < -0.4 is 11.3 Å². The smallest absolute Gasteiger partial charge is 0.278 e. The summed E-state index contributed by atoms with van der Waals surface area (Å²) in [6, 6.07) is 4.46. The number of nitrogens with two attached hydrogens (primary N) is 1. The number of halogens is 2. The molecule has 0 saturated heterocycles. The molecule has 9 heteroatoms. The number of nitrogens with zero attached hydrogens (tertiary/aromatic N) is 2. The third-order valence-corrected chi connectivity index (χ3v) is 6.60. The van der Waals surface area contributed by atoms with Crippen LogP contribution in [0.1, 0.15) is 46.1 Å². The minimum absolute atomic E-state index is 0.0169. The van der Waals surface area contributed by atoms with E-state index in [0.29, 0.717) is 12.8 Å². The number of anilines is 1. The molecule has 0 aliphatic carbocycles. The summed E-state index contributed by atoms with van der Waals surface area (Å²) in [5, 5.41) is 0.475. The fourth-order valence-electron chi connectivity index (χ4n) is 3.04. The van der Waals surface area contributed by atoms with E-state index in [0.717, 1.165) is 10.5 Å².